The number of thiol groups is 2. The largest absolute Gasteiger partial charge is 0.369 e. The van der Waals surface area contributed by atoms with Crippen molar-refractivity contribution in [1.29, 1.82) is 0 Å². The van der Waals surface area contributed by atoms with Crippen molar-refractivity contribution in [3.05, 3.63) is 59.7 Å². The normalized spacial score (nSPS) is 15.8. The minimum Gasteiger partial charge on any atom is -0.369 e. The molecule has 2 aromatic rings. The lowest BCUT2D eigenvalue weighted by Crippen LogP contribution is -2.47. The third-order valence-electron chi connectivity index (χ3n) is 4.49. The smallest absolute Gasteiger partial charge is 0.0970 e. The van der Waals surface area contributed by atoms with Crippen LogP contribution in [0.25, 0.3) is 12.2 Å². The molecule has 0 aromatic heterocycles. The lowest BCUT2D eigenvalue weighted by atomic mass is 10.1. The Bertz CT molecular complexity index is 725. The Balaban J connectivity index is 1.59. The summed E-state index contributed by atoms with van der Waals surface area (Å²) < 4.78 is 0.0107. The molecular weight excluding hydrogens is 366 g/mol. The molecule has 2 N–H and O–H groups in total. The molecule has 1 saturated heterocycles. The zero-order valence-electron chi connectivity index (χ0n) is 14.3. The molecule has 0 amide bonds. The van der Waals surface area contributed by atoms with Crippen LogP contribution in [0.5, 0.6) is 0 Å². The van der Waals surface area contributed by atoms with Gasteiger partial charge < -0.3 is 4.90 Å². The first-order valence-corrected chi connectivity index (χ1v) is 9.47. The molecule has 5 nitrogen and oxygen atoms in total. The van der Waals surface area contributed by atoms with E-state index in [9.17, 15) is 0 Å². The second kappa shape index (κ2) is 8.83. The zero-order valence-corrected chi connectivity index (χ0v) is 16.1. The summed E-state index contributed by atoms with van der Waals surface area (Å²) in [5.74, 6) is 0. The van der Waals surface area contributed by atoms with E-state index in [0.717, 1.165) is 37.3 Å². The quantitative estimate of drug-likeness (QED) is 0.272. The summed E-state index contributed by atoms with van der Waals surface area (Å²) in [6.07, 6.45) is 4.04. The van der Waals surface area contributed by atoms with Crippen molar-refractivity contribution in [2.24, 2.45) is 0 Å². The van der Waals surface area contributed by atoms with Gasteiger partial charge in [0.1, 0.15) is 0 Å². The molecule has 0 aliphatic carbocycles. The highest BCUT2D eigenvalue weighted by atomic mass is 32.2. The molecule has 1 fully saturated rings. The average molecular weight is 390 g/mol. The maximum atomic E-state index is 8.95. The first-order valence-electron chi connectivity index (χ1n) is 8.44. The monoisotopic (exact) mass is 389 g/mol. The lowest BCUT2D eigenvalue weighted by Gasteiger charge is -2.37. The van der Waals surface area contributed by atoms with Crippen molar-refractivity contribution in [3.8, 4) is 0 Å². The Morgan fingerprint density at radius 3 is 1.77 bits per heavy atom. The SMILES string of the molecule is ON(O)c1ccc(/C=C/c2ccc(N3CCN(C(S)S)CC3)cc2)cc1. The number of nitrogens with zero attached hydrogens (tertiary/aromatic N) is 3. The minimum atomic E-state index is 0.0107. The van der Waals surface area contributed by atoms with E-state index in [-0.39, 0.29) is 9.93 Å². The van der Waals surface area contributed by atoms with Crippen LogP contribution in [0.4, 0.5) is 11.4 Å². The van der Waals surface area contributed by atoms with Crippen LogP contribution in [0.1, 0.15) is 11.1 Å². The Hall–Kier alpha value is -1.64. The van der Waals surface area contributed by atoms with Gasteiger partial charge in [-0.05, 0) is 35.4 Å². The van der Waals surface area contributed by atoms with Crippen LogP contribution in [-0.4, -0.2) is 46.2 Å². The predicted octanol–water partition coefficient (Wildman–Crippen LogP) is 3.71. The Kier molecular flexibility index (Phi) is 6.50. The number of benzene rings is 2. The molecule has 2 aromatic carbocycles. The number of hydrogen-bond acceptors (Lipinski definition) is 7. The first-order chi connectivity index (χ1) is 12.5. The fourth-order valence-corrected chi connectivity index (χ4v) is 3.38. The molecule has 1 aliphatic heterocycles. The van der Waals surface area contributed by atoms with Gasteiger partial charge in [0.2, 0.25) is 0 Å². The van der Waals surface area contributed by atoms with Gasteiger partial charge in [-0.1, -0.05) is 36.4 Å². The van der Waals surface area contributed by atoms with E-state index in [1.165, 1.54) is 5.69 Å². The average Bonchev–Trinajstić information content (AvgIpc) is 2.67. The summed E-state index contributed by atoms with van der Waals surface area (Å²) in [5, 5.41) is 18.0. The molecule has 1 heterocycles. The molecule has 7 heteroatoms. The number of piperazine rings is 1. The summed E-state index contributed by atoms with van der Waals surface area (Å²) in [6.45, 7) is 3.89. The van der Waals surface area contributed by atoms with Crippen LogP contribution < -0.4 is 10.1 Å². The molecule has 0 saturated carbocycles. The van der Waals surface area contributed by atoms with Gasteiger partial charge >= 0.3 is 0 Å². The fourth-order valence-electron chi connectivity index (χ4n) is 2.92. The number of hydrogen-bond donors (Lipinski definition) is 4. The van der Waals surface area contributed by atoms with Crippen molar-refractivity contribution in [2.75, 3.05) is 36.3 Å². The van der Waals surface area contributed by atoms with Crippen molar-refractivity contribution in [1.82, 2.24) is 4.90 Å². The second-order valence-corrected chi connectivity index (χ2v) is 7.56. The van der Waals surface area contributed by atoms with E-state index in [0.29, 0.717) is 5.69 Å². The van der Waals surface area contributed by atoms with Gasteiger partial charge in [0.25, 0.3) is 0 Å². The molecule has 0 spiro atoms. The minimum absolute atomic E-state index is 0.0107. The van der Waals surface area contributed by atoms with Crippen molar-refractivity contribution in [2.45, 2.75) is 4.71 Å². The van der Waals surface area contributed by atoms with Gasteiger partial charge in [-0.2, -0.15) is 0 Å². The maximum absolute atomic E-state index is 8.95. The van der Waals surface area contributed by atoms with Crippen molar-refractivity contribution >= 4 is 48.8 Å². The summed E-state index contributed by atoms with van der Waals surface area (Å²) in [7, 11) is 0. The van der Waals surface area contributed by atoms with Crippen LogP contribution in [0.2, 0.25) is 0 Å². The molecule has 0 unspecified atom stereocenters. The predicted molar refractivity (Wildman–Crippen MR) is 113 cm³/mol. The molecule has 0 radical (unpaired) electrons. The van der Waals surface area contributed by atoms with Gasteiger partial charge in [0.05, 0.1) is 10.4 Å². The maximum Gasteiger partial charge on any atom is 0.0970 e. The summed E-state index contributed by atoms with van der Waals surface area (Å²) in [6, 6.07) is 15.4. The molecule has 0 bridgehead atoms. The molecule has 3 rings (SSSR count). The van der Waals surface area contributed by atoms with Gasteiger partial charge in [0, 0.05) is 31.9 Å². The highest BCUT2D eigenvalue weighted by Gasteiger charge is 2.19. The van der Waals surface area contributed by atoms with E-state index >= 15 is 0 Å². The highest BCUT2D eigenvalue weighted by Crippen LogP contribution is 2.21. The third-order valence-corrected chi connectivity index (χ3v) is 5.14. The van der Waals surface area contributed by atoms with Gasteiger partial charge in [-0.25, -0.2) is 0 Å². The lowest BCUT2D eigenvalue weighted by molar-refractivity contribution is 0.0291. The summed E-state index contributed by atoms with van der Waals surface area (Å²) >= 11 is 8.75. The summed E-state index contributed by atoms with van der Waals surface area (Å²) in [4.78, 5) is 4.63. The standard InChI is InChI=1S/C19H23N3O2S2/c23-22(24)18-9-5-16(6-10-18)2-1-15-3-7-17(8-4-15)20-11-13-21(14-12-20)19(25)26/h1-10,19,23-26H,11-14H2/b2-1+. The van der Waals surface area contributed by atoms with Crippen LogP contribution in [0, 0.1) is 0 Å². The van der Waals surface area contributed by atoms with Crippen molar-refractivity contribution < 1.29 is 10.4 Å². The Morgan fingerprint density at radius 2 is 1.31 bits per heavy atom. The number of anilines is 2. The van der Waals surface area contributed by atoms with E-state index in [2.05, 4.69) is 59.3 Å². The van der Waals surface area contributed by atoms with E-state index in [1.54, 1.807) is 12.1 Å². The van der Waals surface area contributed by atoms with E-state index in [4.69, 9.17) is 10.4 Å². The van der Waals surface area contributed by atoms with E-state index < -0.39 is 0 Å². The van der Waals surface area contributed by atoms with Gasteiger partial charge in [-0.3, -0.25) is 15.3 Å². The molecule has 138 valence electrons. The van der Waals surface area contributed by atoms with Crippen LogP contribution >= 0.6 is 25.3 Å². The van der Waals surface area contributed by atoms with Crippen LogP contribution in [0.3, 0.4) is 0 Å². The van der Waals surface area contributed by atoms with Crippen LogP contribution in [-0.2, 0) is 0 Å². The molecule has 26 heavy (non-hydrogen) atoms. The first kappa shape index (κ1) is 19.1. The molecule has 1 aliphatic rings. The Morgan fingerprint density at radius 1 is 0.808 bits per heavy atom. The molecular formula is C19H23N3O2S2. The number of rotatable bonds is 5. The fraction of sp³-hybridized carbons (Fsp3) is 0.263. The highest BCUT2D eigenvalue weighted by molar-refractivity contribution is 7.99. The zero-order chi connectivity index (χ0) is 18.5. The topological polar surface area (TPSA) is 50.2 Å². The van der Waals surface area contributed by atoms with Gasteiger partial charge in [-0.15, -0.1) is 30.5 Å². The van der Waals surface area contributed by atoms with Crippen LogP contribution in [0.15, 0.2) is 48.5 Å². The molecule has 0 atom stereocenters. The van der Waals surface area contributed by atoms with Crippen molar-refractivity contribution in [3.63, 3.8) is 0 Å². The Labute approximate surface area is 164 Å². The van der Waals surface area contributed by atoms with E-state index in [1.807, 2.05) is 24.3 Å². The summed E-state index contributed by atoms with van der Waals surface area (Å²) in [5.41, 5.74) is 3.66. The third kappa shape index (κ3) is 4.96. The van der Waals surface area contributed by atoms with Gasteiger partial charge in [0.15, 0.2) is 0 Å². The second-order valence-electron chi connectivity index (χ2n) is 6.18.